The van der Waals surface area contributed by atoms with Crippen LogP contribution in [0.4, 0.5) is 0 Å². The Balaban J connectivity index is 2.26. The molecule has 0 aromatic heterocycles. The molecule has 0 amide bonds. The number of hydrogen-bond acceptors (Lipinski definition) is 3. The van der Waals surface area contributed by atoms with Crippen molar-refractivity contribution in [1.29, 1.82) is 0 Å². The van der Waals surface area contributed by atoms with Gasteiger partial charge in [-0.05, 0) is 28.9 Å². The highest BCUT2D eigenvalue weighted by Gasteiger charge is 2.22. The number of halogens is 1. The second-order valence-corrected chi connectivity index (χ2v) is 3.96. The van der Waals surface area contributed by atoms with Crippen molar-refractivity contribution in [3.05, 3.63) is 28.2 Å². The van der Waals surface area contributed by atoms with Crippen LogP contribution in [-0.4, -0.2) is 19.8 Å². The fourth-order valence-corrected chi connectivity index (χ4v) is 2.08. The van der Waals surface area contributed by atoms with Crippen LogP contribution in [0.3, 0.4) is 0 Å². The zero-order valence-corrected chi connectivity index (χ0v) is 10.1. The SMILES string of the molecule is CCOc1cccc(C2OCCO2)c1Br. The van der Waals surface area contributed by atoms with E-state index < -0.39 is 0 Å². The lowest BCUT2D eigenvalue weighted by atomic mass is 10.2. The van der Waals surface area contributed by atoms with Gasteiger partial charge in [-0.25, -0.2) is 0 Å². The van der Waals surface area contributed by atoms with Crippen molar-refractivity contribution in [2.45, 2.75) is 13.2 Å². The molecule has 1 aliphatic rings. The van der Waals surface area contributed by atoms with E-state index >= 15 is 0 Å². The number of ether oxygens (including phenoxy) is 3. The third-order valence-corrected chi connectivity index (χ3v) is 3.02. The van der Waals surface area contributed by atoms with Gasteiger partial charge in [0.25, 0.3) is 0 Å². The molecule has 1 fully saturated rings. The topological polar surface area (TPSA) is 27.7 Å². The largest absolute Gasteiger partial charge is 0.493 e. The van der Waals surface area contributed by atoms with Crippen LogP contribution in [0.15, 0.2) is 22.7 Å². The molecule has 1 aromatic carbocycles. The Bertz CT molecular complexity index is 335. The molecule has 0 spiro atoms. The summed E-state index contributed by atoms with van der Waals surface area (Å²) in [5, 5.41) is 0. The summed E-state index contributed by atoms with van der Waals surface area (Å²) in [6, 6.07) is 5.84. The maximum Gasteiger partial charge on any atom is 0.185 e. The lowest BCUT2D eigenvalue weighted by Gasteiger charge is -2.14. The summed E-state index contributed by atoms with van der Waals surface area (Å²) in [7, 11) is 0. The van der Waals surface area contributed by atoms with Gasteiger partial charge in [0, 0.05) is 5.56 Å². The van der Waals surface area contributed by atoms with Gasteiger partial charge in [-0.3, -0.25) is 0 Å². The van der Waals surface area contributed by atoms with Crippen LogP contribution in [-0.2, 0) is 9.47 Å². The molecule has 0 bridgehead atoms. The van der Waals surface area contributed by atoms with Gasteiger partial charge in [-0.15, -0.1) is 0 Å². The predicted molar refractivity (Wildman–Crippen MR) is 60.0 cm³/mol. The molecular formula is C11H13BrO3. The first-order valence-corrected chi connectivity index (χ1v) is 5.76. The summed E-state index contributed by atoms with van der Waals surface area (Å²) in [5.74, 6) is 0.828. The maximum atomic E-state index is 5.48. The van der Waals surface area contributed by atoms with Crippen molar-refractivity contribution >= 4 is 15.9 Å². The van der Waals surface area contributed by atoms with Crippen molar-refractivity contribution in [2.24, 2.45) is 0 Å². The lowest BCUT2D eigenvalue weighted by Crippen LogP contribution is -2.01. The number of benzene rings is 1. The van der Waals surface area contributed by atoms with Crippen LogP contribution in [0.5, 0.6) is 5.75 Å². The third kappa shape index (κ3) is 2.33. The van der Waals surface area contributed by atoms with Gasteiger partial charge < -0.3 is 14.2 Å². The highest BCUT2D eigenvalue weighted by atomic mass is 79.9. The Morgan fingerprint density at radius 2 is 2.13 bits per heavy atom. The zero-order chi connectivity index (χ0) is 10.7. The predicted octanol–water partition coefficient (Wildman–Crippen LogP) is 2.89. The normalized spacial score (nSPS) is 16.9. The molecule has 0 atom stereocenters. The van der Waals surface area contributed by atoms with Crippen molar-refractivity contribution in [1.82, 2.24) is 0 Å². The Kier molecular flexibility index (Phi) is 3.61. The first kappa shape index (κ1) is 10.9. The van der Waals surface area contributed by atoms with E-state index in [9.17, 15) is 0 Å². The molecule has 3 nitrogen and oxygen atoms in total. The number of rotatable bonds is 3. The zero-order valence-electron chi connectivity index (χ0n) is 8.53. The smallest absolute Gasteiger partial charge is 0.185 e. The van der Waals surface area contributed by atoms with Crippen LogP contribution in [0, 0.1) is 0 Å². The van der Waals surface area contributed by atoms with E-state index in [4.69, 9.17) is 14.2 Å². The molecule has 0 saturated carbocycles. The van der Waals surface area contributed by atoms with Crippen LogP contribution in [0.25, 0.3) is 0 Å². The van der Waals surface area contributed by atoms with E-state index in [1.165, 1.54) is 0 Å². The molecule has 0 radical (unpaired) electrons. The molecule has 2 rings (SSSR count). The second kappa shape index (κ2) is 4.96. The molecular weight excluding hydrogens is 260 g/mol. The number of hydrogen-bond donors (Lipinski definition) is 0. The molecule has 4 heteroatoms. The molecule has 1 aliphatic heterocycles. The van der Waals surface area contributed by atoms with Crippen LogP contribution in [0.2, 0.25) is 0 Å². The van der Waals surface area contributed by atoms with Crippen molar-refractivity contribution < 1.29 is 14.2 Å². The summed E-state index contributed by atoms with van der Waals surface area (Å²) in [4.78, 5) is 0. The lowest BCUT2D eigenvalue weighted by molar-refractivity contribution is -0.0447. The van der Waals surface area contributed by atoms with E-state index in [0.717, 1.165) is 15.8 Å². The molecule has 1 heterocycles. The fourth-order valence-electron chi connectivity index (χ4n) is 1.51. The van der Waals surface area contributed by atoms with Gasteiger partial charge in [0.2, 0.25) is 0 Å². The molecule has 0 aliphatic carbocycles. The van der Waals surface area contributed by atoms with Crippen molar-refractivity contribution in [2.75, 3.05) is 19.8 Å². The summed E-state index contributed by atoms with van der Waals surface area (Å²) < 4.78 is 17.3. The molecule has 15 heavy (non-hydrogen) atoms. The maximum absolute atomic E-state index is 5.48. The van der Waals surface area contributed by atoms with E-state index in [1.807, 2.05) is 25.1 Å². The fraction of sp³-hybridized carbons (Fsp3) is 0.455. The van der Waals surface area contributed by atoms with Crippen molar-refractivity contribution in [3.8, 4) is 5.75 Å². The standard InChI is InChI=1S/C11H13BrO3/c1-2-13-9-5-3-4-8(10(9)12)11-14-6-7-15-11/h3-5,11H,2,6-7H2,1H3. The Hall–Kier alpha value is -0.580. The average Bonchev–Trinajstić information content (AvgIpc) is 2.74. The quantitative estimate of drug-likeness (QED) is 0.847. The van der Waals surface area contributed by atoms with E-state index in [2.05, 4.69) is 15.9 Å². The summed E-state index contributed by atoms with van der Waals surface area (Å²) >= 11 is 3.51. The van der Waals surface area contributed by atoms with Gasteiger partial charge in [-0.2, -0.15) is 0 Å². The first-order valence-electron chi connectivity index (χ1n) is 4.97. The van der Waals surface area contributed by atoms with Gasteiger partial charge in [0.05, 0.1) is 24.3 Å². The molecule has 1 saturated heterocycles. The van der Waals surface area contributed by atoms with E-state index in [1.54, 1.807) is 0 Å². The van der Waals surface area contributed by atoms with Gasteiger partial charge in [-0.1, -0.05) is 12.1 Å². The van der Waals surface area contributed by atoms with Gasteiger partial charge >= 0.3 is 0 Å². The molecule has 0 unspecified atom stereocenters. The van der Waals surface area contributed by atoms with Gasteiger partial charge in [0.1, 0.15) is 5.75 Å². The van der Waals surface area contributed by atoms with Crippen LogP contribution in [0.1, 0.15) is 18.8 Å². The average molecular weight is 273 g/mol. The second-order valence-electron chi connectivity index (χ2n) is 3.17. The minimum atomic E-state index is -0.264. The minimum Gasteiger partial charge on any atom is -0.493 e. The first-order chi connectivity index (χ1) is 7.33. The summed E-state index contributed by atoms with van der Waals surface area (Å²) in [6.07, 6.45) is -0.264. The minimum absolute atomic E-state index is 0.264. The highest BCUT2D eigenvalue weighted by molar-refractivity contribution is 9.10. The van der Waals surface area contributed by atoms with E-state index in [0.29, 0.717) is 19.8 Å². The summed E-state index contributed by atoms with van der Waals surface area (Å²) in [5.41, 5.74) is 0.985. The molecule has 0 N–H and O–H groups in total. The monoisotopic (exact) mass is 272 g/mol. The summed E-state index contributed by atoms with van der Waals surface area (Å²) in [6.45, 7) is 3.90. The Morgan fingerprint density at radius 3 is 2.80 bits per heavy atom. The third-order valence-electron chi connectivity index (χ3n) is 2.17. The van der Waals surface area contributed by atoms with E-state index in [-0.39, 0.29) is 6.29 Å². The molecule has 82 valence electrons. The van der Waals surface area contributed by atoms with Crippen LogP contribution < -0.4 is 4.74 Å². The Morgan fingerprint density at radius 1 is 1.40 bits per heavy atom. The Labute approximate surface area is 97.5 Å². The molecule has 1 aromatic rings. The highest BCUT2D eigenvalue weighted by Crippen LogP contribution is 2.35. The van der Waals surface area contributed by atoms with Crippen molar-refractivity contribution in [3.63, 3.8) is 0 Å². The van der Waals surface area contributed by atoms with Crippen LogP contribution >= 0.6 is 15.9 Å². The van der Waals surface area contributed by atoms with Gasteiger partial charge in [0.15, 0.2) is 6.29 Å².